The van der Waals surface area contributed by atoms with Crippen LogP contribution in [-0.4, -0.2) is 39.4 Å². The first-order chi connectivity index (χ1) is 8.74. The Morgan fingerprint density at radius 3 is 2.61 bits per heavy atom. The Morgan fingerprint density at radius 2 is 1.94 bits per heavy atom. The minimum atomic E-state index is -0.484. The topological polar surface area (TPSA) is 54.0 Å². The maximum absolute atomic E-state index is 11.5. The zero-order chi connectivity index (χ0) is 13.2. The zero-order valence-corrected chi connectivity index (χ0v) is 11.0. The molecule has 0 aromatic rings. The molecular formula is C13H22O5. The van der Waals surface area contributed by atoms with E-state index in [4.69, 9.17) is 18.9 Å². The Morgan fingerprint density at radius 1 is 1.22 bits per heavy atom. The molecule has 18 heavy (non-hydrogen) atoms. The average Bonchev–Trinajstić information content (AvgIpc) is 2.40. The number of carbonyl (C=O) groups is 1. The second-order valence-corrected chi connectivity index (χ2v) is 4.33. The molecule has 0 spiro atoms. The maximum atomic E-state index is 11.5. The van der Waals surface area contributed by atoms with Crippen LogP contribution >= 0.6 is 0 Å². The number of methoxy groups -OCH3 is 1. The van der Waals surface area contributed by atoms with Crippen molar-refractivity contribution in [2.45, 2.75) is 38.2 Å². The number of hydrogen-bond donors (Lipinski definition) is 0. The molecule has 0 amide bonds. The molecular weight excluding hydrogens is 236 g/mol. The van der Waals surface area contributed by atoms with Gasteiger partial charge in [-0.1, -0.05) is 25.8 Å². The quantitative estimate of drug-likeness (QED) is 0.288. The summed E-state index contributed by atoms with van der Waals surface area (Å²) in [6, 6.07) is 0. The fourth-order valence-corrected chi connectivity index (χ4v) is 1.82. The van der Waals surface area contributed by atoms with E-state index in [1.54, 1.807) is 0 Å². The summed E-state index contributed by atoms with van der Waals surface area (Å²) in [5.74, 6) is -0.484. The molecule has 1 saturated carbocycles. The molecule has 1 rings (SSSR count). The lowest BCUT2D eigenvalue weighted by Gasteiger charge is -2.21. The molecule has 5 nitrogen and oxygen atoms in total. The van der Waals surface area contributed by atoms with Gasteiger partial charge in [-0.15, -0.1) is 0 Å². The van der Waals surface area contributed by atoms with Crippen molar-refractivity contribution in [1.29, 1.82) is 0 Å². The van der Waals surface area contributed by atoms with E-state index >= 15 is 0 Å². The van der Waals surface area contributed by atoms with Crippen LogP contribution < -0.4 is 0 Å². The molecule has 104 valence electrons. The van der Waals surface area contributed by atoms with Crippen molar-refractivity contribution in [1.82, 2.24) is 0 Å². The predicted molar refractivity (Wildman–Crippen MR) is 65.9 cm³/mol. The summed E-state index contributed by atoms with van der Waals surface area (Å²) in [6.07, 6.45) is 5.98. The molecule has 1 aliphatic carbocycles. The largest absolute Gasteiger partial charge is 0.435 e. The molecule has 0 unspecified atom stereocenters. The summed E-state index contributed by atoms with van der Waals surface area (Å²) in [6.45, 7) is 3.81. The highest BCUT2D eigenvalue weighted by Gasteiger charge is 2.15. The normalized spacial score (nSPS) is 16.5. The fraction of sp³-hybridized carbons (Fsp3) is 0.769. The van der Waals surface area contributed by atoms with Crippen LogP contribution in [0.3, 0.4) is 0 Å². The standard InChI is InChI=1S/C13H22O5/c1-11(8-16-9-15-2)13(14)18-10-17-12-6-4-3-5-7-12/h12H,1,3-10H2,2H3. The lowest BCUT2D eigenvalue weighted by atomic mass is 9.98. The number of hydrogen-bond acceptors (Lipinski definition) is 5. The number of esters is 1. The van der Waals surface area contributed by atoms with Crippen molar-refractivity contribution < 1.29 is 23.7 Å². The number of carbonyl (C=O) groups excluding carboxylic acids is 1. The van der Waals surface area contributed by atoms with E-state index in [2.05, 4.69) is 6.58 Å². The molecule has 0 bridgehead atoms. The van der Waals surface area contributed by atoms with Crippen LogP contribution in [0.2, 0.25) is 0 Å². The van der Waals surface area contributed by atoms with Gasteiger partial charge in [0.25, 0.3) is 0 Å². The van der Waals surface area contributed by atoms with Gasteiger partial charge in [-0.3, -0.25) is 0 Å². The Hall–Kier alpha value is -0.910. The van der Waals surface area contributed by atoms with E-state index < -0.39 is 5.97 Å². The van der Waals surface area contributed by atoms with Gasteiger partial charge in [0.05, 0.1) is 18.3 Å². The van der Waals surface area contributed by atoms with E-state index in [9.17, 15) is 4.79 Å². The van der Waals surface area contributed by atoms with Gasteiger partial charge >= 0.3 is 5.97 Å². The van der Waals surface area contributed by atoms with E-state index in [1.807, 2.05) is 0 Å². The van der Waals surface area contributed by atoms with E-state index in [0.29, 0.717) is 0 Å². The van der Waals surface area contributed by atoms with Gasteiger partial charge < -0.3 is 18.9 Å². The second-order valence-electron chi connectivity index (χ2n) is 4.33. The highest BCUT2D eigenvalue weighted by atomic mass is 16.7. The molecule has 0 radical (unpaired) electrons. The number of ether oxygens (including phenoxy) is 4. The van der Waals surface area contributed by atoms with Gasteiger partial charge in [-0.2, -0.15) is 0 Å². The maximum Gasteiger partial charge on any atom is 0.337 e. The van der Waals surface area contributed by atoms with E-state index in [1.165, 1.54) is 26.4 Å². The molecule has 0 N–H and O–H groups in total. The first-order valence-electron chi connectivity index (χ1n) is 6.27. The van der Waals surface area contributed by atoms with Crippen LogP contribution in [-0.2, 0) is 23.7 Å². The van der Waals surface area contributed by atoms with Gasteiger partial charge in [0.15, 0.2) is 6.79 Å². The van der Waals surface area contributed by atoms with Crippen LogP contribution in [0.1, 0.15) is 32.1 Å². The summed E-state index contributed by atoms with van der Waals surface area (Å²) in [5.41, 5.74) is 0.263. The molecule has 0 aliphatic heterocycles. The van der Waals surface area contributed by atoms with Crippen molar-refractivity contribution in [3.05, 3.63) is 12.2 Å². The summed E-state index contributed by atoms with van der Waals surface area (Å²) in [5, 5.41) is 0. The van der Waals surface area contributed by atoms with Crippen LogP contribution in [0.5, 0.6) is 0 Å². The van der Waals surface area contributed by atoms with Gasteiger partial charge in [-0.05, 0) is 12.8 Å². The van der Waals surface area contributed by atoms with Gasteiger partial charge in [0.2, 0.25) is 0 Å². The average molecular weight is 258 g/mol. The minimum Gasteiger partial charge on any atom is -0.435 e. The summed E-state index contributed by atoms with van der Waals surface area (Å²) >= 11 is 0. The lowest BCUT2D eigenvalue weighted by molar-refractivity contribution is -0.158. The SMILES string of the molecule is C=C(COCOC)C(=O)OCOC1CCCCC1. The minimum absolute atomic E-state index is 0.00715. The van der Waals surface area contributed by atoms with E-state index in [0.717, 1.165) is 12.8 Å². The Labute approximate surface area is 108 Å². The first kappa shape index (κ1) is 15.1. The van der Waals surface area contributed by atoms with Crippen molar-refractivity contribution in [3.63, 3.8) is 0 Å². The zero-order valence-electron chi connectivity index (χ0n) is 11.0. The Bertz CT molecular complexity index is 258. The van der Waals surface area contributed by atoms with Crippen molar-refractivity contribution in [3.8, 4) is 0 Å². The van der Waals surface area contributed by atoms with Crippen LogP contribution in [0, 0.1) is 0 Å². The molecule has 1 aliphatic rings. The monoisotopic (exact) mass is 258 g/mol. The molecule has 1 fully saturated rings. The van der Waals surface area contributed by atoms with Crippen molar-refractivity contribution in [2.24, 2.45) is 0 Å². The third-order valence-electron chi connectivity index (χ3n) is 2.81. The summed E-state index contributed by atoms with van der Waals surface area (Å²) in [7, 11) is 1.51. The third kappa shape index (κ3) is 6.14. The summed E-state index contributed by atoms with van der Waals surface area (Å²) in [4.78, 5) is 11.5. The predicted octanol–water partition coefficient (Wildman–Crippen LogP) is 2.01. The molecule has 0 atom stereocenters. The van der Waals surface area contributed by atoms with Gasteiger partial charge in [0, 0.05) is 7.11 Å². The highest BCUT2D eigenvalue weighted by molar-refractivity contribution is 5.87. The fourth-order valence-electron chi connectivity index (χ4n) is 1.82. The number of rotatable bonds is 8. The third-order valence-corrected chi connectivity index (χ3v) is 2.81. The lowest BCUT2D eigenvalue weighted by Crippen LogP contribution is -2.21. The molecule has 0 heterocycles. The highest BCUT2D eigenvalue weighted by Crippen LogP contribution is 2.20. The van der Waals surface area contributed by atoms with Crippen LogP contribution in [0.25, 0.3) is 0 Å². The Balaban J connectivity index is 2.06. The van der Waals surface area contributed by atoms with E-state index in [-0.39, 0.29) is 31.9 Å². The van der Waals surface area contributed by atoms with Gasteiger partial charge in [-0.25, -0.2) is 4.79 Å². The molecule has 5 heteroatoms. The summed E-state index contributed by atoms with van der Waals surface area (Å²) < 4.78 is 20.1. The van der Waals surface area contributed by atoms with Crippen molar-refractivity contribution >= 4 is 5.97 Å². The van der Waals surface area contributed by atoms with Crippen molar-refractivity contribution in [2.75, 3.05) is 27.3 Å². The van der Waals surface area contributed by atoms with Crippen LogP contribution in [0.4, 0.5) is 0 Å². The van der Waals surface area contributed by atoms with Crippen LogP contribution in [0.15, 0.2) is 12.2 Å². The molecule has 0 aromatic carbocycles. The smallest absolute Gasteiger partial charge is 0.337 e. The Kier molecular flexibility index (Phi) is 7.64. The molecule has 0 aromatic heterocycles. The van der Waals surface area contributed by atoms with Gasteiger partial charge in [0.1, 0.15) is 6.79 Å². The second kappa shape index (κ2) is 9.08. The molecule has 0 saturated heterocycles. The first-order valence-corrected chi connectivity index (χ1v) is 6.27.